The molecule has 1 aliphatic rings. The van der Waals surface area contributed by atoms with Crippen LogP contribution in [0.1, 0.15) is 25.3 Å². The van der Waals surface area contributed by atoms with Crippen LogP contribution in [0.25, 0.3) is 0 Å². The van der Waals surface area contributed by atoms with Gasteiger partial charge in [0.25, 0.3) is 0 Å². The van der Waals surface area contributed by atoms with Crippen LogP contribution in [-0.4, -0.2) is 42.5 Å². The lowest BCUT2D eigenvalue weighted by Gasteiger charge is -2.43. The van der Waals surface area contributed by atoms with E-state index in [1.54, 1.807) is 12.0 Å². The predicted octanol–water partition coefficient (Wildman–Crippen LogP) is 2.71. The zero-order chi connectivity index (χ0) is 16.4. The molecular formula is C15H21F3N2O2. The van der Waals surface area contributed by atoms with Gasteiger partial charge in [0.2, 0.25) is 0 Å². The Balaban J connectivity index is 2.10. The molecule has 0 aromatic carbocycles. The molecule has 4 nitrogen and oxygen atoms in total. The number of hydrogen-bond acceptors (Lipinski definition) is 4. The van der Waals surface area contributed by atoms with Crippen LogP contribution in [0.3, 0.4) is 0 Å². The quantitative estimate of drug-likeness (QED) is 0.927. The predicted molar refractivity (Wildman–Crippen MR) is 76.7 cm³/mol. The molecule has 1 aromatic heterocycles. The molecule has 2 heterocycles. The number of nitrogens with zero attached hydrogens (tertiary/aromatic N) is 2. The Kier molecular flexibility index (Phi) is 4.97. The Labute approximate surface area is 127 Å². The highest BCUT2D eigenvalue weighted by atomic mass is 19.4. The van der Waals surface area contributed by atoms with Crippen molar-refractivity contribution in [2.45, 2.75) is 31.5 Å². The molecule has 1 N–H and O–H groups in total. The summed E-state index contributed by atoms with van der Waals surface area (Å²) in [4.78, 5) is 5.83. The number of rotatable bonds is 4. The summed E-state index contributed by atoms with van der Waals surface area (Å²) in [6.45, 7) is 3.30. The molecule has 0 unspecified atom stereocenters. The number of hydrogen-bond donors (Lipinski definition) is 1. The van der Waals surface area contributed by atoms with Crippen LogP contribution in [0, 0.1) is 5.92 Å². The fraction of sp³-hybridized carbons (Fsp3) is 0.667. The number of anilines is 1. The highest BCUT2D eigenvalue weighted by Gasteiger charge is 2.39. The maximum Gasteiger partial charge on any atom is 0.416 e. The van der Waals surface area contributed by atoms with Crippen LogP contribution in [0.2, 0.25) is 0 Å². The molecule has 0 aliphatic carbocycles. The van der Waals surface area contributed by atoms with E-state index in [9.17, 15) is 18.3 Å². The molecule has 2 atom stereocenters. The van der Waals surface area contributed by atoms with Crippen molar-refractivity contribution in [3.63, 3.8) is 0 Å². The monoisotopic (exact) mass is 318 g/mol. The zero-order valence-corrected chi connectivity index (χ0v) is 12.7. The van der Waals surface area contributed by atoms with Crippen LogP contribution in [0.15, 0.2) is 18.3 Å². The Hall–Kier alpha value is -1.34. The summed E-state index contributed by atoms with van der Waals surface area (Å²) in [5.41, 5.74) is -1.54. The molecule has 0 saturated carbocycles. The lowest BCUT2D eigenvalue weighted by atomic mass is 9.80. The van der Waals surface area contributed by atoms with Gasteiger partial charge in [-0.3, -0.25) is 0 Å². The summed E-state index contributed by atoms with van der Waals surface area (Å²) in [6.07, 6.45) is -2.20. The van der Waals surface area contributed by atoms with E-state index in [1.165, 1.54) is 6.20 Å². The fourth-order valence-electron chi connectivity index (χ4n) is 2.79. The van der Waals surface area contributed by atoms with Gasteiger partial charge in [0.1, 0.15) is 5.82 Å². The van der Waals surface area contributed by atoms with Gasteiger partial charge in [0, 0.05) is 38.9 Å². The molecule has 0 radical (unpaired) electrons. The molecule has 0 bridgehead atoms. The number of methoxy groups -OCH3 is 1. The molecule has 7 heteroatoms. The van der Waals surface area contributed by atoms with E-state index >= 15 is 0 Å². The topological polar surface area (TPSA) is 45.6 Å². The van der Waals surface area contributed by atoms with Crippen molar-refractivity contribution in [1.82, 2.24) is 4.98 Å². The lowest BCUT2D eigenvalue weighted by Crippen LogP contribution is -2.51. The normalized spacial score (nSPS) is 26.3. The number of pyridine rings is 1. The third-order valence-corrected chi connectivity index (χ3v) is 4.36. The number of piperidine rings is 1. The molecule has 2 rings (SSSR count). The number of aromatic nitrogens is 1. The standard InChI is InChI=1S/C15H21F3N2O2/c1-11-10-20(7-4-14(11,21)5-8-22-2)13-9-12(3-6-19-13)15(16,17)18/h3,6,9,11,21H,4-5,7-8,10H2,1-2H3/t11-,14-/m1/s1. The molecule has 124 valence electrons. The van der Waals surface area contributed by atoms with Gasteiger partial charge < -0.3 is 14.7 Å². The van der Waals surface area contributed by atoms with Crippen LogP contribution < -0.4 is 4.90 Å². The third kappa shape index (κ3) is 3.70. The van der Waals surface area contributed by atoms with Gasteiger partial charge in [-0.15, -0.1) is 0 Å². The van der Waals surface area contributed by atoms with Crippen LogP contribution in [0.4, 0.5) is 19.0 Å². The van der Waals surface area contributed by atoms with Crippen LogP contribution in [-0.2, 0) is 10.9 Å². The maximum absolute atomic E-state index is 12.8. The Bertz CT molecular complexity index is 510. The molecule has 1 aliphatic heterocycles. The van der Waals surface area contributed by atoms with Gasteiger partial charge in [-0.25, -0.2) is 4.98 Å². The first-order chi connectivity index (χ1) is 10.3. The Morgan fingerprint density at radius 3 is 2.82 bits per heavy atom. The van der Waals surface area contributed by atoms with Gasteiger partial charge in [-0.1, -0.05) is 6.92 Å². The first kappa shape index (κ1) is 17.0. The number of halogens is 3. The fourth-order valence-corrected chi connectivity index (χ4v) is 2.79. The van der Waals surface area contributed by atoms with Crippen molar-refractivity contribution in [3.8, 4) is 0 Å². The second kappa shape index (κ2) is 6.42. The van der Waals surface area contributed by atoms with E-state index in [2.05, 4.69) is 4.98 Å². The minimum Gasteiger partial charge on any atom is -0.389 e. The lowest BCUT2D eigenvalue weighted by molar-refractivity contribution is -0.137. The molecule has 0 amide bonds. The van der Waals surface area contributed by atoms with Crippen molar-refractivity contribution in [2.24, 2.45) is 5.92 Å². The first-order valence-electron chi connectivity index (χ1n) is 7.26. The van der Waals surface area contributed by atoms with Gasteiger partial charge in [0.15, 0.2) is 0 Å². The van der Waals surface area contributed by atoms with E-state index in [1.807, 2.05) is 6.92 Å². The largest absolute Gasteiger partial charge is 0.416 e. The zero-order valence-electron chi connectivity index (χ0n) is 12.7. The van der Waals surface area contributed by atoms with Gasteiger partial charge >= 0.3 is 6.18 Å². The molecule has 1 fully saturated rings. The molecule has 1 saturated heterocycles. The van der Waals surface area contributed by atoms with Crippen molar-refractivity contribution in [2.75, 3.05) is 31.7 Å². The summed E-state index contributed by atoms with van der Waals surface area (Å²) in [7, 11) is 1.58. The maximum atomic E-state index is 12.8. The summed E-state index contributed by atoms with van der Waals surface area (Å²) < 4.78 is 43.3. The summed E-state index contributed by atoms with van der Waals surface area (Å²) in [5, 5.41) is 10.6. The highest BCUT2D eigenvalue weighted by Crippen LogP contribution is 2.35. The Morgan fingerprint density at radius 2 is 2.23 bits per heavy atom. The van der Waals surface area contributed by atoms with E-state index in [0.717, 1.165) is 12.1 Å². The van der Waals surface area contributed by atoms with Gasteiger partial charge in [-0.05, 0) is 25.0 Å². The van der Waals surface area contributed by atoms with E-state index in [-0.39, 0.29) is 5.92 Å². The average molecular weight is 318 g/mol. The summed E-state index contributed by atoms with van der Waals surface area (Å²) >= 11 is 0. The van der Waals surface area contributed by atoms with Crippen molar-refractivity contribution >= 4 is 5.82 Å². The molecule has 22 heavy (non-hydrogen) atoms. The Morgan fingerprint density at radius 1 is 1.50 bits per heavy atom. The molecule has 1 aromatic rings. The van der Waals surface area contributed by atoms with Crippen LogP contribution in [0.5, 0.6) is 0 Å². The van der Waals surface area contributed by atoms with Crippen molar-refractivity contribution in [3.05, 3.63) is 23.9 Å². The van der Waals surface area contributed by atoms with E-state index in [4.69, 9.17) is 4.74 Å². The smallest absolute Gasteiger partial charge is 0.389 e. The molecule has 0 spiro atoms. The minimum absolute atomic E-state index is 0.0762. The third-order valence-electron chi connectivity index (χ3n) is 4.36. The highest BCUT2D eigenvalue weighted by molar-refractivity contribution is 5.42. The van der Waals surface area contributed by atoms with Crippen LogP contribution >= 0.6 is 0 Å². The van der Waals surface area contributed by atoms with Crippen molar-refractivity contribution < 1.29 is 23.0 Å². The minimum atomic E-state index is -4.38. The average Bonchev–Trinajstić information content (AvgIpc) is 2.47. The summed E-state index contributed by atoms with van der Waals surface area (Å²) in [5.74, 6) is 0.225. The number of aliphatic hydroxyl groups is 1. The van der Waals surface area contributed by atoms with Crippen molar-refractivity contribution in [1.29, 1.82) is 0 Å². The second-order valence-electron chi connectivity index (χ2n) is 5.84. The number of ether oxygens (including phenoxy) is 1. The summed E-state index contributed by atoms with van der Waals surface area (Å²) in [6, 6.07) is 2.03. The van der Waals surface area contributed by atoms with Gasteiger partial charge in [0.05, 0.1) is 11.2 Å². The second-order valence-corrected chi connectivity index (χ2v) is 5.84. The molecular weight excluding hydrogens is 297 g/mol. The van der Waals surface area contributed by atoms with E-state index < -0.39 is 17.3 Å². The first-order valence-corrected chi connectivity index (χ1v) is 7.26. The van der Waals surface area contributed by atoms with E-state index in [0.29, 0.717) is 38.4 Å². The van der Waals surface area contributed by atoms with Gasteiger partial charge in [-0.2, -0.15) is 13.2 Å². The SMILES string of the molecule is COCC[C@]1(O)CCN(c2cc(C(F)(F)F)ccn2)C[C@H]1C. The number of alkyl halides is 3.